The highest BCUT2D eigenvalue weighted by Gasteiger charge is 1.59. The predicted octanol–water partition coefficient (Wildman–Crippen LogP) is 4.02. The maximum Gasteiger partial charge on any atom is 0.0267 e. The van der Waals surface area contributed by atoms with Crippen LogP contribution in [0.2, 0.25) is 0 Å². The molecule has 2 aromatic rings. The lowest BCUT2D eigenvalue weighted by Crippen LogP contribution is -1.58. The van der Waals surface area contributed by atoms with Crippen molar-refractivity contribution in [3.63, 3.8) is 0 Å². The van der Waals surface area contributed by atoms with Gasteiger partial charge in [-0.15, -0.1) is 71.9 Å². The van der Waals surface area contributed by atoms with Gasteiger partial charge in [0.25, 0.3) is 0 Å². The van der Waals surface area contributed by atoms with Gasteiger partial charge in [-0.25, -0.2) is 0 Å². The van der Waals surface area contributed by atoms with E-state index in [2.05, 4.69) is 9.97 Å². The molecule has 0 unspecified atom stereocenters. The molecular formula is C10H13I3N2. The molecule has 0 aliphatic rings. The fraction of sp³-hybridized carbons (Fsp3) is 0. The molecule has 2 heterocycles. The number of pyridine rings is 2. The first-order chi connectivity index (χ1) is 6.00. The van der Waals surface area contributed by atoms with E-state index in [0.717, 1.165) is 0 Å². The lowest BCUT2D eigenvalue weighted by Gasteiger charge is -1.70. The van der Waals surface area contributed by atoms with E-state index in [0.29, 0.717) is 0 Å². The lowest BCUT2D eigenvalue weighted by molar-refractivity contribution is 1.33. The van der Waals surface area contributed by atoms with Crippen LogP contribution < -0.4 is 0 Å². The van der Waals surface area contributed by atoms with Gasteiger partial charge >= 0.3 is 0 Å². The summed E-state index contributed by atoms with van der Waals surface area (Å²) in [6, 6.07) is 11.4. The largest absolute Gasteiger partial charge is 0.265 e. The third-order valence-corrected chi connectivity index (χ3v) is 1.13. The van der Waals surface area contributed by atoms with Crippen LogP contribution in [0.15, 0.2) is 61.2 Å². The molecule has 0 aromatic carbocycles. The Labute approximate surface area is 141 Å². The Kier molecular flexibility index (Phi) is 23.5. The van der Waals surface area contributed by atoms with Crippen LogP contribution in [0.3, 0.4) is 0 Å². The zero-order valence-electron chi connectivity index (χ0n) is 7.89. The van der Waals surface area contributed by atoms with Gasteiger partial charge in [-0.3, -0.25) is 9.97 Å². The molecular weight excluding hydrogens is 529 g/mol. The van der Waals surface area contributed by atoms with Crippen LogP contribution >= 0.6 is 71.9 Å². The van der Waals surface area contributed by atoms with E-state index in [4.69, 9.17) is 0 Å². The Bertz CT molecular complexity index is 194. The maximum absolute atomic E-state index is 3.78. The maximum atomic E-state index is 3.78. The summed E-state index contributed by atoms with van der Waals surface area (Å²) in [7, 11) is 0. The molecule has 0 aliphatic heterocycles. The summed E-state index contributed by atoms with van der Waals surface area (Å²) in [5.74, 6) is 0. The van der Waals surface area contributed by atoms with E-state index >= 15 is 0 Å². The van der Waals surface area contributed by atoms with Crippen LogP contribution in [0.5, 0.6) is 0 Å². The molecule has 0 saturated heterocycles. The molecule has 0 spiro atoms. The van der Waals surface area contributed by atoms with Crippen LogP contribution in [0.1, 0.15) is 0 Å². The summed E-state index contributed by atoms with van der Waals surface area (Å²) in [4.78, 5) is 7.57. The van der Waals surface area contributed by atoms with Crippen molar-refractivity contribution in [1.29, 1.82) is 0 Å². The standard InChI is InChI=1S/2C5H5N.3HI/c2*1-2-4-6-5-3-1;;;/h2*1-5H;3*1H. The van der Waals surface area contributed by atoms with Gasteiger partial charge in [-0.2, -0.15) is 0 Å². The van der Waals surface area contributed by atoms with Crippen molar-refractivity contribution >= 4 is 71.9 Å². The van der Waals surface area contributed by atoms with Gasteiger partial charge in [0.1, 0.15) is 0 Å². The molecule has 2 aromatic heterocycles. The lowest BCUT2D eigenvalue weighted by atomic mass is 10.5. The van der Waals surface area contributed by atoms with Gasteiger partial charge in [0.2, 0.25) is 0 Å². The van der Waals surface area contributed by atoms with Gasteiger partial charge in [-0.1, -0.05) is 12.1 Å². The van der Waals surface area contributed by atoms with E-state index in [1.165, 1.54) is 0 Å². The summed E-state index contributed by atoms with van der Waals surface area (Å²) in [6.45, 7) is 0. The van der Waals surface area contributed by atoms with Crippen molar-refractivity contribution in [3.8, 4) is 0 Å². The van der Waals surface area contributed by atoms with Crippen molar-refractivity contribution in [2.75, 3.05) is 0 Å². The second kappa shape index (κ2) is 16.9. The summed E-state index contributed by atoms with van der Waals surface area (Å²) in [5, 5.41) is 0. The second-order valence-corrected chi connectivity index (χ2v) is 2.05. The summed E-state index contributed by atoms with van der Waals surface area (Å²) >= 11 is 0. The molecule has 0 N–H and O–H groups in total. The predicted molar refractivity (Wildman–Crippen MR) is 94.7 cm³/mol. The van der Waals surface area contributed by atoms with Gasteiger partial charge in [0.05, 0.1) is 0 Å². The summed E-state index contributed by atoms with van der Waals surface area (Å²) in [6.07, 6.45) is 7.00. The molecule has 2 nitrogen and oxygen atoms in total. The number of rotatable bonds is 0. The van der Waals surface area contributed by atoms with Crippen molar-refractivity contribution in [1.82, 2.24) is 9.97 Å². The number of hydrogen-bond donors (Lipinski definition) is 0. The Morgan fingerprint density at radius 2 is 0.667 bits per heavy atom. The first kappa shape index (κ1) is 20.8. The Morgan fingerprint density at radius 1 is 0.400 bits per heavy atom. The molecule has 0 amide bonds. The van der Waals surface area contributed by atoms with Crippen LogP contribution in [0.4, 0.5) is 0 Å². The molecule has 0 radical (unpaired) electrons. The topological polar surface area (TPSA) is 25.8 Å². The Hall–Kier alpha value is 0.490. The highest BCUT2D eigenvalue weighted by atomic mass is 127. The average Bonchev–Trinajstić information content (AvgIpc) is 2.24. The molecule has 5 heteroatoms. The summed E-state index contributed by atoms with van der Waals surface area (Å²) < 4.78 is 0. The number of aromatic nitrogens is 2. The van der Waals surface area contributed by atoms with Crippen LogP contribution in [-0.2, 0) is 0 Å². The number of hydrogen-bond acceptors (Lipinski definition) is 2. The van der Waals surface area contributed by atoms with Gasteiger partial charge in [0, 0.05) is 24.8 Å². The van der Waals surface area contributed by atoms with E-state index in [9.17, 15) is 0 Å². The van der Waals surface area contributed by atoms with Crippen molar-refractivity contribution in [2.45, 2.75) is 0 Å². The minimum atomic E-state index is 0. The quantitative estimate of drug-likeness (QED) is 0.471. The average molecular weight is 542 g/mol. The fourth-order valence-corrected chi connectivity index (χ4v) is 0.625. The van der Waals surface area contributed by atoms with Gasteiger partial charge in [0.15, 0.2) is 0 Å². The molecule has 0 fully saturated rings. The SMILES string of the molecule is I.I.I.c1ccncc1.c1ccncc1. The first-order valence-electron chi connectivity index (χ1n) is 3.70. The van der Waals surface area contributed by atoms with Gasteiger partial charge < -0.3 is 0 Å². The summed E-state index contributed by atoms with van der Waals surface area (Å²) in [5.41, 5.74) is 0. The van der Waals surface area contributed by atoms with Crippen molar-refractivity contribution in [3.05, 3.63) is 61.2 Å². The number of nitrogens with zero attached hydrogens (tertiary/aromatic N) is 2. The Balaban J connectivity index is -0.000000160. The minimum absolute atomic E-state index is 0. The monoisotopic (exact) mass is 542 g/mol. The third kappa shape index (κ3) is 14.5. The van der Waals surface area contributed by atoms with E-state index < -0.39 is 0 Å². The van der Waals surface area contributed by atoms with Crippen LogP contribution in [0, 0.1) is 0 Å². The third-order valence-electron chi connectivity index (χ3n) is 1.13. The molecule has 15 heavy (non-hydrogen) atoms. The molecule has 84 valence electrons. The minimum Gasteiger partial charge on any atom is -0.265 e. The zero-order chi connectivity index (χ0) is 8.49. The van der Waals surface area contributed by atoms with E-state index in [1.807, 2.05) is 36.4 Å². The van der Waals surface area contributed by atoms with Crippen molar-refractivity contribution in [2.24, 2.45) is 0 Å². The highest BCUT2D eigenvalue weighted by Crippen LogP contribution is 1.74. The van der Waals surface area contributed by atoms with Crippen molar-refractivity contribution < 1.29 is 0 Å². The Morgan fingerprint density at radius 3 is 0.733 bits per heavy atom. The normalized spacial score (nSPS) is 6.40. The van der Waals surface area contributed by atoms with Gasteiger partial charge in [-0.05, 0) is 24.3 Å². The molecule has 0 aliphatic carbocycles. The number of halogens is 3. The first-order valence-corrected chi connectivity index (χ1v) is 3.70. The van der Waals surface area contributed by atoms with Crippen LogP contribution in [0.25, 0.3) is 0 Å². The van der Waals surface area contributed by atoms with Crippen LogP contribution in [-0.4, -0.2) is 9.97 Å². The second-order valence-electron chi connectivity index (χ2n) is 2.05. The molecule has 0 bridgehead atoms. The molecule has 0 atom stereocenters. The zero-order valence-corrected chi connectivity index (χ0v) is 14.9. The smallest absolute Gasteiger partial charge is 0.0267 e. The van der Waals surface area contributed by atoms with E-state index in [1.54, 1.807) is 24.8 Å². The fourth-order valence-electron chi connectivity index (χ4n) is 0.625. The molecule has 0 saturated carbocycles. The molecule has 2 rings (SSSR count). The van der Waals surface area contributed by atoms with E-state index in [-0.39, 0.29) is 71.9 Å². The highest BCUT2D eigenvalue weighted by molar-refractivity contribution is 14.0.